The molecule has 0 aliphatic carbocycles. The molecule has 0 bridgehead atoms. The van der Waals surface area contributed by atoms with Crippen molar-refractivity contribution in [1.82, 2.24) is 19.5 Å². The number of rotatable bonds is 2. The zero-order valence-electron chi connectivity index (χ0n) is 15.5. The molecule has 0 saturated carbocycles. The minimum atomic E-state index is -0.638. The predicted octanol–water partition coefficient (Wildman–Crippen LogP) is 2.49. The van der Waals surface area contributed by atoms with Crippen LogP contribution in [0.25, 0.3) is 5.65 Å². The lowest BCUT2D eigenvalue weighted by Crippen LogP contribution is -2.47. The maximum Gasteiger partial charge on any atom is 0.155 e. The van der Waals surface area contributed by atoms with Crippen LogP contribution in [0.15, 0.2) is 30.5 Å². The van der Waals surface area contributed by atoms with Crippen LogP contribution >= 0.6 is 0 Å². The summed E-state index contributed by atoms with van der Waals surface area (Å²) in [6.07, 6.45) is 2.03. The summed E-state index contributed by atoms with van der Waals surface area (Å²) >= 11 is 0. The van der Waals surface area contributed by atoms with E-state index in [4.69, 9.17) is 15.5 Å². The summed E-state index contributed by atoms with van der Waals surface area (Å²) in [7, 11) is 0. The molecule has 8 heteroatoms. The van der Waals surface area contributed by atoms with Gasteiger partial charge in [0, 0.05) is 48.6 Å². The largest absolute Gasteiger partial charge is 0.370 e. The summed E-state index contributed by atoms with van der Waals surface area (Å²) in [5.74, 6) is -0.979. The minimum absolute atomic E-state index is 0.103. The molecule has 0 amide bonds. The van der Waals surface area contributed by atoms with Crippen molar-refractivity contribution in [3.8, 4) is 0 Å². The van der Waals surface area contributed by atoms with Gasteiger partial charge in [-0.25, -0.2) is 18.3 Å². The Morgan fingerprint density at radius 3 is 2.89 bits per heavy atom. The first-order valence-corrected chi connectivity index (χ1v) is 9.39. The molecule has 1 aromatic carbocycles. The first-order chi connectivity index (χ1) is 13.5. The fraction of sp³-hybridized carbons (Fsp3) is 0.400. The Hall–Kier alpha value is -2.42. The summed E-state index contributed by atoms with van der Waals surface area (Å²) in [5, 5.41) is 4.42. The van der Waals surface area contributed by atoms with Crippen molar-refractivity contribution >= 4 is 5.65 Å². The van der Waals surface area contributed by atoms with Crippen LogP contribution in [0.3, 0.4) is 0 Å². The highest BCUT2D eigenvalue weighted by molar-refractivity contribution is 5.42. The van der Waals surface area contributed by atoms with Crippen LogP contribution < -0.4 is 5.73 Å². The number of ether oxygens (including phenoxy) is 1. The van der Waals surface area contributed by atoms with Crippen LogP contribution in [0.5, 0.6) is 0 Å². The van der Waals surface area contributed by atoms with Gasteiger partial charge in [0.05, 0.1) is 18.0 Å². The molecule has 146 valence electrons. The molecule has 28 heavy (non-hydrogen) atoms. The number of halogens is 2. The number of aromatic nitrogens is 3. The quantitative estimate of drug-likeness (QED) is 0.734. The SMILES string of the molecule is Cc1cc2nc3c(cn2n1)CN([C@H]1CO[C@H](c2cc(F)ccc2F)[C@@H](N)C1)C3. The zero-order chi connectivity index (χ0) is 19.4. The second kappa shape index (κ2) is 6.58. The third kappa shape index (κ3) is 2.97. The average molecular weight is 385 g/mol. The molecule has 3 aromatic rings. The maximum absolute atomic E-state index is 14.1. The Morgan fingerprint density at radius 1 is 1.21 bits per heavy atom. The molecule has 5 rings (SSSR count). The van der Waals surface area contributed by atoms with E-state index >= 15 is 0 Å². The van der Waals surface area contributed by atoms with Crippen molar-refractivity contribution in [1.29, 1.82) is 0 Å². The second-order valence-electron chi connectivity index (χ2n) is 7.68. The van der Waals surface area contributed by atoms with Gasteiger partial charge in [0.2, 0.25) is 0 Å². The molecular formula is C20H21F2N5O. The number of nitrogens with zero attached hydrogens (tertiary/aromatic N) is 4. The smallest absolute Gasteiger partial charge is 0.155 e. The molecule has 4 heterocycles. The van der Waals surface area contributed by atoms with Crippen LogP contribution in [0.2, 0.25) is 0 Å². The molecule has 2 N–H and O–H groups in total. The molecule has 0 unspecified atom stereocenters. The number of benzene rings is 1. The van der Waals surface area contributed by atoms with Gasteiger partial charge in [-0.05, 0) is 31.5 Å². The van der Waals surface area contributed by atoms with Gasteiger partial charge in [-0.1, -0.05) is 0 Å². The molecule has 2 aliphatic heterocycles. The van der Waals surface area contributed by atoms with Gasteiger partial charge in [-0.15, -0.1) is 0 Å². The van der Waals surface area contributed by atoms with Gasteiger partial charge in [0.15, 0.2) is 5.65 Å². The van der Waals surface area contributed by atoms with Crippen LogP contribution in [0, 0.1) is 18.6 Å². The molecule has 2 aromatic heterocycles. The number of fused-ring (bicyclic) bond motifs is 2. The van der Waals surface area contributed by atoms with Crippen LogP contribution in [0.4, 0.5) is 8.78 Å². The fourth-order valence-corrected chi connectivity index (χ4v) is 4.26. The monoisotopic (exact) mass is 385 g/mol. The minimum Gasteiger partial charge on any atom is -0.370 e. The van der Waals surface area contributed by atoms with E-state index in [1.165, 1.54) is 6.07 Å². The van der Waals surface area contributed by atoms with E-state index < -0.39 is 23.8 Å². The van der Waals surface area contributed by atoms with Gasteiger partial charge in [-0.3, -0.25) is 4.90 Å². The van der Waals surface area contributed by atoms with Crippen molar-refractivity contribution in [2.75, 3.05) is 6.61 Å². The number of hydrogen-bond acceptors (Lipinski definition) is 5. The second-order valence-corrected chi connectivity index (χ2v) is 7.68. The van der Waals surface area contributed by atoms with Crippen molar-refractivity contribution in [2.45, 2.75) is 44.6 Å². The topological polar surface area (TPSA) is 68.7 Å². The molecule has 0 radical (unpaired) electrons. The maximum atomic E-state index is 14.1. The predicted molar refractivity (Wildman–Crippen MR) is 98.4 cm³/mol. The number of hydrogen-bond donors (Lipinski definition) is 1. The first-order valence-electron chi connectivity index (χ1n) is 9.39. The summed E-state index contributed by atoms with van der Waals surface area (Å²) < 4.78 is 35.4. The van der Waals surface area contributed by atoms with E-state index in [0.29, 0.717) is 13.0 Å². The molecular weight excluding hydrogens is 364 g/mol. The molecule has 6 nitrogen and oxygen atoms in total. The van der Waals surface area contributed by atoms with Crippen LogP contribution in [-0.2, 0) is 17.8 Å². The lowest BCUT2D eigenvalue weighted by Gasteiger charge is -2.38. The van der Waals surface area contributed by atoms with Crippen LogP contribution in [0.1, 0.15) is 35.0 Å². The van der Waals surface area contributed by atoms with Crippen LogP contribution in [-0.4, -0.2) is 38.2 Å². The summed E-state index contributed by atoms with van der Waals surface area (Å²) in [6, 6.07) is 5.04. The Kier molecular flexibility index (Phi) is 4.15. The van der Waals surface area contributed by atoms with E-state index in [9.17, 15) is 8.78 Å². The Morgan fingerprint density at radius 2 is 2.07 bits per heavy atom. The summed E-state index contributed by atoms with van der Waals surface area (Å²) in [6.45, 7) is 3.83. The Labute approximate surface area is 160 Å². The number of aryl methyl sites for hydroxylation is 1. The highest BCUT2D eigenvalue weighted by Gasteiger charge is 2.36. The van der Waals surface area contributed by atoms with E-state index in [-0.39, 0.29) is 11.6 Å². The standard InChI is InChI=1S/C20H21F2N5O/c1-11-4-19-24-18-9-26(7-12(18)8-27(19)25-11)14-6-17(23)20(28-10-14)15-5-13(21)2-3-16(15)22/h2-5,8,14,17,20H,6-7,9-10,23H2,1H3/t14-,17+,20-/m1/s1. The normalized spacial score (nSPS) is 25.4. The van der Waals surface area contributed by atoms with E-state index in [2.05, 4.69) is 10.00 Å². The highest BCUT2D eigenvalue weighted by Crippen LogP contribution is 2.34. The van der Waals surface area contributed by atoms with Gasteiger partial charge < -0.3 is 10.5 Å². The Balaban J connectivity index is 1.31. The molecule has 2 aliphatic rings. The van der Waals surface area contributed by atoms with Gasteiger partial charge >= 0.3 is 0 Å². The molecule has 1 fully saturated rings. The first kappa shape index (κ1) is 17.7. The average Bonchev–Trinajstić information content (AvgIpc) is 3.23. The highest BCUT2D eigenvalue weighted by atomic mass is 19.1. The number of nitrogens with two attached hydrogens (primary N) is 1. The summed E-state index contributed by atoms with van der Waals surface area (Å²) in [4.78, 5) is 7.00. The van der Waals surface area contributed by atoms with Crippen molar-refractivity contribution in [2.24, 2.45) is 5.73 Å². The van der Waals surface area contributed by atoms with Gasteiger partial charge in [0.25, 0.3) is 0 Å². The van der Waals surface area contributed by atoms with Crippen molar-refractivity contribution in [3.05, 3.63) is 64.6 Å². The van der Waals surface area contributed by atoms with Gasteiger partial charge in [0.1, 0.15) is 17.7 Å². The Bertz CT molecular complexity index is 1010. The zero-order valence-corrected chi connectivity index (χ0v) is 15.5. The third-order valence-electron chi connectivity index (χ3n) is 5.65. The van der Waals surface area contributed by atoms with E-state index in [1.807, 2.05) is 23.7 Å². The van der Waals surface area contributed by atoms with Crippen molar-refractivity contribution in [3.63, 3.8) is 0 Å². The molecule has 0 spiro atoms. The lowest BCUT2D eigenvalue weighted by molar-refractivity contribution is -0.0532. The fourth-order valence-electron chi connectivity index (χ4n) is 4.26. The van der Waals surface area contributed by atoms with E-state index in [1.54, 1.807) is 0 Å². The van der Waals surface area contributed by atoms with Crippen molar-refractivity contribution < 1.29 is 13.5 Å². The van der Waals surface area contributed by atoms with Gasteiger partial charge in [-0.2, -0.15) is 5.10 Å². The molecule has 3 atom stereocenters. The molecule has 1 saturated heterocycles. The lowest BCUT2D eigenvalue weighted by atomic mass is 9.93. The summed E-state index contributed by atoms with van der Waals surface area (Å²) in [5.41, 5.74) is 10.5. The third-order valence-corrected chi connectivity index (χ3v) is 5.65. The van der Waals surface area contributed by atoms with E-state index in [0.717, 1.165) is 47.8 Å².